The molecule has 20 heavy (non-hydrogen) atoms. The molecule has 0 radical (unpaired) electrons. The maximum Gasteiger partial charge on any atom is 0.193 e. The lowest BCUT2D eigenvalue weighted by atomic mass is 9.86. The number of hydrogen-bond acceptors (Lipinski definition) is 3. The number of fused-ring (bicyclic) bond motifs is 1. The van der Waals surface area contributed by atoms with E-state index in [9.17, 15) is 9.50 Å². The van der Waals surface area contributed by atoms with E-state index >= 15 is 0 Å². The fourth-order valence-corrected chi connectivity index (χ4v) is 3.13. The van der Waals surface area contributed by atoms with Crippen molar-refractivity contribution in [3.8, 4) is 0 Å². The van der Waals surface area contributed by atoms with Gasteiger partial charge in [0.1, 0.15) is 5.82 Å². The number of benzene rings is 1. The fourth-order valence-electron chi connectivity index (χ4n) is 2.41. The van der Waals surface area contributed by atoms with Crippen LogP contribution in [-0.4, -0.2) is 14.5 Å². The Hall–Kier alpha value is -1.72. The van der Waals surface area contributed by atoms with Gasteiger partial charge >= 0.3 is 0 Å². The molecular formula is C15H15FN2OS. The van der Waals surface area contributed by atoms with Crippen molar-refractivity contribution in [2.75, 3.05) is 0 Å². The summed E-state index contributed by atoms with van der Waals surface area (Å²) >= 11 is 1.54. The third-order valence-corrected chi connectivity index (χ3v) is 4.35. The molecule has 0 aliphatic carbocycles. The molecule has 0 aliphatic heterocycles. The minimum Gasteiger partial charge on any atom is -0.385 e. The first kappa shape index (κ1) is 13.3. The van der Waals surface area contributed by atoms with Crippen LogP contribution in [0.5, 0.6) is 0 Å². The molecule has 104 valence electrons. The molecule has 1 atom stereocenters. The van der Waals surface area contributed by atoms with Crippen LogP contribution in [0.1, 0.15) is 24.6 Å². The molecule has 1 N–H and O–H groups in total. The summed E-state index contributed by atoms with van der Waals surface area (Å²) in [5.74, 6) is -0.377. The lowest BCUT2D eigenvalue weighted by Crippen LogP contribution is -2.29. The van der Waals surface area contributed by atoms with Gasteiger partial charge in [-0.15, -0.1) is 11.3 Å². The molecule has 0 saturated carbocycles. The summed E-state index contributed by atoms with van der Waals surface area (Å²) in [5.41, 5.74) is -0.127. The average Bonchev–Trinajstić information content (AvgIpc) is 3.00. The molecule has 0 spiro atoms. The molecule has 5 heteroatoms. The molecular weight excluding hydrogens is 275 g/mol. The van der Waals surface area contributed by atoms with Gasteiger partial charge in [-0.1, -0.05) is 25.1 Å². The molecule has 3 aromatic rings. The lowest BCUT2D eigenvalue weighted by Gasteiger charge is -2.27. The number of hydrogen-bond donors (Lipinski definition) is 1. The van der Waals surface area contributed by atoms with Crippen LogP contribution >= 0.6 is 11.3 Å². The number of imidazole rings is 1. The van der Waals surface area contributed by atoms with E-state index in [1.807, 2.05) is 29.1 Å². The van der Waals surface area contributed by atoms with E-state index in [4.69, 9.17) is 0 Å². The predicted octanol–water partition coefficient (Wildman–Crippen LogP) is 3.38. The molecule has 1 unspecified atom stereocenters. The average molecular weight is 290 g/mol. The van der Waals surface area contributed by atoms with E-state index in [1.54, 1.807) is 18.2 Å². The predicted molar refractivity (Wildman–Crippen MR) is 77.4 cm³/mol. The Morgan fingerprint density at radius 2 is 2.20 bits per heavy atom. The Morgan fingerprint density at radius 3 is 2.90 bits per heavy atom. The van der Waals surface area contributed by atoms with E-state index < -0.39 is 5.60 Å². The number of nitrogens with zero attached hydrogens (tertiary/aromatic N) is 2. The van der Waals surface area contributed by atoms with Gasteiger partial charge in [-0.05, 0) is 12.5 Å². The molecule has 2 aromatic heterocycles. The van der Waals surface area contributed by atoms with Gasteiger partial charge < -0.3 is 5.11 Å². The summed E-state index contributed by atoms with van der Waals surface area (Å²) in [4.78, 5) is 5.34. The molecule has 3 nitrogen and oxygen atoms in total. The summed E-state index contributed by atoms with van der Waals surface area (Å²) in [5, 5.41) is 12.8. The van der Waals surface area contributed by atoms with Crippen LogP contribution in [0, 0.1) is 5.82 Å². The Kier molecular flexibility index (Phi) is 3.31. The Labute approximate surface area is 120 Å². The van der Waals surface area contributed by atoms with Crippen molar-refractivity contribution in [3.05, 3.63) is 59.1 Å². The standard InChI is InChI=1S/C15H15FN2OS/c1-2-15(19,12-5-3-4-6-13(12)16)9-11-10-18-7-8-20-14(18)17-11/h3-8,10,19H,2,9H2,1H3. The third-order valence-electron chi connectivity index (χ3n) is 3.58. The van der Waals surface area contributed by atoms with Crippen LogP contribution in [0.2, 0.25) is 0 Å². The Morgan fingerprint density at radius 1 is 1.40 bits per heavy atom. The first-order valence-corrected chi connectivity index (χ1v) is 7.39. The first-order valence-electron chi connectivity index (χ1n) is 6.51. The van der Waals surface area contributed by atoms with Crippen LogP contribution in [0.25, 0.3) is 4.96 Å². The molecule has 2 heterocycles. The second-order valence-corrected chi connectivity index (χ2v) is 5.74. The summed E-state index contributed by atoms with van der Waals surface area (Å²) in [6.45, 7) is 1.85. The van der Waals surface area contributed by atoms with Crippen LogP contribution in [0.4, 0.5) is 4.39 Å². The van der Waals surface area contributed by atoms with Crippen molar-refractivity contribution in [1.82, 2.24) is 9.38 Å². The topological polar surface area (TPSA) is 37.5 Å². The zero-order chi connectivity index (χ0) is 14.2. The van der Waals surface area contributed by atoms with Crippen LogP contribution in [0.3, 0.4) is 0 Å². The largest absolute Gasteiger partial charge is 0.385 e. The van der Waals surface area contributed by atoms with E-state index in [0.717, 1.165) is 10.7 Å². The second-order valence-electron chi connectivity index (χ2n) is 4.87. The van der Waals surface area contributed by atoms with Gasteiger partial charge in [0.25, 0.3) is 0 Å². The maximum atomic E-state index is 13.9. The zero-order valence-electron chi connectivity index (χ0n) is 11.1. The van der Waals surface area contributed by atoms with Crippen LogP contribution in [-0.2, 0) is 12.0 Å². The summed E-state index contributed by atoms with van der Waals surface area (Å²) in [6, 6.07) is 6.38. The number of thiazole rings is 1. The van der Waals surface area contributed by atoms with Crippen molar-refractivity contribution in [2.24, 2.45) is 0 Å². The molecule has 0 bridgehead atoms. The van der Waals surface area contributed by atoms with E-state index in [2.05, 4.69) is 4.98 Å². The number of halogens is 1. The second kappa shape index (κ2) is 5.00. The minimum absolute atomic E-state index is 0.304. The van der Waals surface area contributed by atoms with Gasteiger partial charge in [0.15, 0.2) is 4.96 Å². The fraction of sp³-hybridized carbons (Fsp3) is 0.267. The van der Waals surface area contributed by atoms with Crippen molar-refractivity contribution in [3.63, 3.8) is 0 Å². The highest BCUT2D eigenvalue weighted by molar-refractivity contribution is 7.15. The summed E-state index contributed by atoms with van der Waals surface area (Å²) < 4.78 is 15.8. The molecule has 1 aromatic carbocycles. The molecule has 3 rings (SSSR count). The highest BCUT2D eigenvalue weighted by Gasteiger charge is 2.31. The normalized spacial score (nSPS) is 14.6. The first-order chi connectivity index (χ1) is 9.62. The maximum absolute atomic E-state index is 13.9. The van der Waals surface area contributed by atoms with Crippen molar-refractivity contribution >= 4 is 16.3 Å². The van der Waals surface area contributed by atoms with Crippen molar-refractivity contribution in [1.29, 1.82) is 0 Å². The van der Waals surface area contributed by atoms with Crippen molar-refractivity contribution in [2.45, 2.75) is 25.4 Å². The quantitative estimate of drug-likeness (QED) is 0.800. The Balaban J connectivity index is 1.96. The SMILES string of the molecule is CCC(O)(Cc1cn2ccsc2n1)c1ccccc1F. The van der Waals surface area contributed by atoms with Crippen molar-refractivity contribution < 1.29 is 9.50 Å². The lowest BCUT2D eigenvalue weighted by molar-refractivity contribution is 0.0283. The highest BCUT2D eigenvalue weighted by Crippen LogP contribution is 2.31. The third kappa shape index (κ3) is 2.23. The van der Waals surface area contributed by atoms with E-state index in [-0.39, 0.29) is 5.82 Å². The van der Waals surface area contributed by atoms with E-state index in [0.29, 0.717) is 18.4 Å². The number of rotatable bonds is 4. The zero-order valence-corrected chi connectivity index (χ0v) is 11.9. The molecule has 0 amide bonds. The highest BCUT2D eigenvalue weighted by atomic mass is 32.1. The Bertz CT molecular complexity index is 708. The van der Waals surface area contributed by atoms with Gasteiger partial charge in [0, 0.05) is 29.8 Å². The minimum atomic E-state index is -1.23. The smallest absolute Gasteiger partial charge is 0.193 e. The monoisotopic (exact) mass is 290 g/mol. The van der Waals surface area contributed by atoms with Gasteiger partial charge in [-0.3, -0.25) is 4.40 Å². The van der Waals surface area contributed by atoms with Crippen LogP contribution < -0.4 is 0 Å². The molecule has 0 saturated heterocycles. The van der Waals surface area contributed by atoms with Gasteiger partial charge in [0.05, 0.1) is 11.3 Å². The van der Waals surface area contributed by atoms with E-state index in [1.165, 1.54) is 17.4 Å². The summed E-state index contributed by atoms with van der Waals surface area (Å²) in [6.07, 6.45) is 4.54. The number of aromatic nitrogens is 2. The summed E-state index contributed by atoms with van der Waals surface area (Å²) in [7, 11) is 0. The molecule has 0 aliphatic rings. The van der Waals surface area contributed by atoms with Gasteiger partial charge in [-0.25, -0.2) is 9.37 Å². The van der Waals surface area contributed by atoms with Gasteiger partial charge in [-0.2, -0.15) is 0 Å². The van der Waals surface area contributed by atoms with Crippen LogP contribution in [0.15, 0.2) is 42.0 Å². The molecule has 0 fully saturated rings. The number of aliphatic hydroxyl groups is 1. The van der Waals surface area contributed by atoms with Gasteiger partial charge in [0.2, 0.25) is 0 Å².